The van der Waals surface area contributed by atoms with E-state index >= 15 is 0 Å². The number of hydrogen-bond acceptors (Lipinski definition) is 7. The van der Waals surface area contributed by atoms with E-state index < -0.39 is 0 Å². The minimum absolute atomic E-state index is 0.198. The first-order chi connectivity index (χ1) is 13.1. The average Bonchev–Trinajstić information content (AvgIpc) is 3.21. The van der Waals surface area contributed by atoms with Crippen LogP contribution >= 0.6 is 27.5 Å². The third kappa shape index (κ3) is 3.49. The van der Waals surface area contributed by atoms with E-state index in [2.05, 4.69) is 43.1 Å². The predicted octanol–water partition coefficient (Wildman–Crippen LogP) is 3.81. The third-order valence-corrected chi connectivity index (χ3v) is 5.22. The third-order valence-electron chi connectivity index (χ3n) is 4.26. The number of anilines is 2. The first kappa shape index (κ1) is 18.1. The van der Waals surface area contributed by atoms with Crippen molar-refractivity contribution in [2.24, 2.45) is 0 Å². The van der Waals surface area contributed by atoms with E-state index in [1.54, 1.807) is 6.07 Å². The molecule has 8 nitrogen and oxygen atoms in total. The first-order valence-electron chi connectivity index (χ1n) is 8.58. The number of aromatic nitrogens is 4. The maximum Gasteiger partial charge on any atom is 0.231 e. The van der Waals surface area contributed by atoms with Crippen molar-refractivity contribution in [1.82, 2.24) is 19.5 Å². The molecule has 3 heterocycles. The van der Waals surface area contributed by atoms with Gasteiger partial charge in [-0.15, -0.1) is 0 Å². The molecule has 0 amide bonds. The lowest BCUT2D eigenvalue weighted by atomic mass is 10.2. The second-order valence-corrected chi connectivity index (χ2v) is 7.27. The summed E-state index contributed by atoms with van der Waals surface area (Å²) in [4.78, 5) is 13.3. The van der Waals surface area contributed by atoms with Crippen molar-refractivity contribution in [3.05, 3.63) is 27.5 Å². The van der Waals surface area contributed by atoms with Gasteiger partial charge in [0.1, 0.15) is 0 Å². The van der Waals surface area contributed by atoms with Gasteiger partial charge in [-0.25, -0.2) is 4.98 Å². The molecule has 0 aliphatic carbocycles. The highest BCUT2D eigenvalue weighted by molar-refractivity contribution is 9.10. The highest BCUT2D eigenvalue weighted by atomic mass is 79.9. The number of unbranched alkanes of at least 4 members (excludes halogenated alkanes) is 1. The number of fused-ring (bicyclic) bond motifs is 2. The molecule has 0 radical (unpaired) electrons. The number of nitrogens with one attached hydrogen (secondary N) is 1. The highest BCUT2D eigenvalue weighted by Gasteiger charge is 2.20. The first-order valence-corrected chi connectivity index (χ1v) is 9.75. The van der Waals surface area contributed by atoms with Gasteiger partial charge in [0.05, 0.1) is 6.54 Å². The Kier molecular flexibility index (Phi) is 4.96. The van der Waals surface area contributed by atoms with Crippen molar-refractivity contribution in [3.63, 3.8) is 0 Å². The van der Waals surface area contributed by atoms with Crippen molar-refractivity contribution in [2.75, 3.05) is 24.4 Å². The summed E-state index contributed by atoms with van der Waals surface area (Å²) < 4.78 is 13.3. The van der Waals surface area contributed by atoms with Gasteiger partial charge in [0.25, 0.3) is 0 Å². The molecule has 0 atom stereocenters. The largest absolute Gasteiger partial charge is 0.454 e. The Hall–Kier alpha value is -2.26. The summed E-state index contributed by atoms with van der Waals surface area (Å²) in [6, 6.07) is 3.63. The lowest BCUT2D eigenvalue weighted by Gasteiger charge is -2.10. The number of imidazole rings is 1. The Bertz CT molecular complexity index is 1010. The fourth-order valence-corrected chi connectivity index (χ4v) is 3.53. The second kappa shape index (κ2) is 7.40. The van der Waals surface area contributed by atoms with Crippen LogP contribution in [-0.2, 0) is 6.54 Å². The number of ether oxygens (including phenoxy) is 2. The standard InChI is InChI=1S/C17H18BrClN6O2/c1-2-3-4-21-17-23-14(20)13-15(24-17)25(16(18)22-13)7-9-5-11-12(6-10(9)19)27-8-26-11/h5-6H,2-4,7-8H2,1H3,(H3,20,21,23,24). The Morgan fingerprint density at radius 2 is 2.04 bits per heavy atom. The van der Waals surface area contributed by atoms with E-state index in [9.17, 15) is 0 Å². The van der Waals surface area contributed by atoms with E-state index in [1.165, 1.54) is 0 Å². The minimum Gasteiger partial charge on any atom is -0.454 e. The van der Waals surface area contributed by atoms with Crippen molar-refractivity contribution < 1.29 is 9.47 Å². The zero-order valence-electron chi connectivity index (χ0n) is 14.6. The van der Waals surface area contributed by atoms with Crippen LogP contribution in [0.15, 0.2) is 16.9 Å². The molecule has 0 saturated carbocycles. The van der Waals surface area contributed by atoms with Gasteiger partial charge in [0.15, 0.2) is 33.2 Å². The topological polar surface area (TPSA) is 100 Å². The van der Waals surface area contributed by atoms with Gasteiger partial charge >= 0.3 is 0 Å². The quantitative estimate of drug-likeness (QED) is 0.432. The Morgan fingerprint density at radius 3 is 2.81 bits per heavy atom. The smallest absolute Gasteiger partial charge is 0.231 e. The molecule has 142 valence electrons. The Labute approximate surface area is 169 Å². The van der Waals surface area contributed by atoms with Crippen LogP contribution in [0.5, 0.6) is 11.5 Å². The second-order valence-electron chi connectivity index (χ2n) is 6.15. The molecule has 4 rings (SSSR count). The molecule has 10 heteroatoms. The molecule has 0 spiro atoms. The van der Waals surface area contributed by atoms with Crippen LogP contribution in [0.1, 0.15) is 25.3 Å². The van der Waals surface area contributed by atoms with Gasteiger partial charge in [-0.1, -0.05) is 24.9 Å². The van der Waals surface area contributed by atoms with Gasteiger partial charge in [-0.2, -0.15) is 9.97 Å². The SMILES string of the molecule is CCCCNc1nc(N)c2nc(Br)n(Cc3cc4c(cc3Cl)OCO4)c2n1. The van der Waals surface area contributed by atoms with Crippen LogP contribution in [0.3, 0.4) is 0 Å². The average molecular weight is 454 g/mol. The lowest BCUT2D eigenvalue weighted by Crippen LogP contribution is -2.09. The molecule has 0 fully saturated rings. The summed E-state index contributed by atoms with van der Waals surface area (Å²) in [6.07, 6.45) is 2.11. The van der Waals surface area contributed by atoms with Gasteiger partial charge in [0.2, 0.25) is 12.7 Å². The number of rotatable bonds is 6. The van der Waals surface area contributed by atoms with E-state index in [4.69, 9.17) is 26.8 Å². The summed E-state index contributed by atoms with van der Waals surface area (Å²) in [5.74, 6) is 2.13. The predicted molar refractivity (Wildman–Crippen MR) is 108 cm³/mol. The number of nitrogen functional groups attached to an aromatic ring is 1. The van der Waals surface area contributed by atoms with Crippen molar-refractivity contribution in [1.29, 1.82) is 0 Å². The molecule has 1 aliphatic rings. The lowest BCUT2D eigenvalue weighted by molar-refractivity contribution is 0.174. The normalized spacial score (nSPS) is 12.7. The van der Waals surface area contributed by atoms with E-state index in [-0.39, 0.29) is 6.79 Å². The number of nitrogens with two attached hydrogens (primary N) is 1. The number of nitrogens with zero attached hydrogens (tertiary/aromatic N) is 4. The molecule has 3 aromatic rings. The fraction of sp³-hybridized carbons (Fsp3) is 0.353. The van der Waals surface area contributed by atoms with Crippen molar-refractivity contribution >= 4 is 50.5 Å². The van der Waals surface area contributed by atoms with Crippen molar-refractivity contribution in [2.45, 2.75) is 26.3 Å². The molecule has 0 saturated heterocycles. The van der Waals surface area contributed by atoms with Crippen LogP contribution in [0.4, 0.5) is 11.8 Å². The molecule has 2 aromatic heterocycles. The summed E-state index contributed by atoms with van der Waals surface area (Å²) in [5.41, 5.74) is 8.12. The van der Waals surface area contributed by atoms with E-state index in [0.29, 0.717) is 50.7 Å². The molecule has 1 aliphatic heterocycles. The van der Waals surface area contributed by atoms with Crippen LogP contribution in [-0.4, -0.2) is 32.9 Å². The van der Waals surface area contributed by atoms with Crippen LogP contribution in [0.2, 0.25) is 5.02 Å². The summed E-state index contributed by atoms with van der Waals surface area (Å²) in [6.45, 7) is 3.55. The Morgan fingerprint density at radius 1 is 1.26 bits per heavy atom. The van der Waals surface area contributed by atoms with Crippen LogP contribution in [0, 0.1) is 0 Å². The molecule has 3 N–H and O–H groups in total. The summed E-state index contributed by atoms with van der Waals surface area (Å²) in [7, 11) is 0. The number of benzene rings is 1. The maximum atomic E-state index is 6.42. The monoisotopic (exact) mass is 452 g/mol. The molecule has 0 unspecified atom stereocenters. The zero-order valence-corrected chi connectivity index (χ0v) is 17.0. The molecule has 1 aromatic carbocycles. The summed E-state index contributed by atoms with van der Waals surface area (Å²) in [5, 5.41) is 3.78. The molecule has 0 bridgehead atoms. The fourth-order valence-electron chi connectivity index (χ4n) is 2.84. The number of hydrogen-bond donors (Lipinski definition) is 2. The van der Waals surface area contributed by atoms with Crippen molar-refractivity contribution in [3.8, 4) is 11.5 Å². The van der Waals surface area contributed by atoms with Gasteiger partial charge in [-0.05, 0) is 34.0 Å². The van der Waals surface area contributed by atoms with Gasteiger partial charge < -0.3 is 20.5 Å². The Balaban J connectivity index is 1.72. The van der Waals surface area contributed by atoms with Crippen LogP contribution in [0.25, 0.3) is 11.2 Å². The highest BCUT2D eigenvalue weighted by Crippen LogP contribution is 2.37. The molecular weight excluding hydrogens is 436 g/mol. The van der Waals surface area contributed by atoms with E-state index in [0.717, 1.165) is 24.9 Å². The molecular formula is C17H18BrClN6O2. The summed E-state index contributed by atoms with van der Waals surface area (Å²) >= 11 is 9.91. The maximum absolute atomic E-state index is 6.42. The zero-order chi connectivity index (χ0) is 19.0. The minimum atomic E-state index is 0.198. The number of halogens is 2. The van der Waals surface area contributed by atoms with E-state index in [1.807, 2.05) is 10.6 Å². The van der Waals surface area contributed by atoms with Gasteiger partial charge in [0, 0.05) is 17.6 Å². The van der Waals surface area contributed by atoms with Crippen LogP contribution < -0.4 is 20.5 Å². The van der Waals surface area contributed by atoms with Gasteiger partial charge in [-0.3, -0.25) is 4.57 Å². The molecule has 27 heavy (non-hydrogen) atoms.